The number of nitro groups is 2. The Morgan fingerprint density at radius 3 is 1.83 bits per heavy atom. The molecule has 0 heterocycles. The SMILES string of the molecule is O=[N+]([O-])c1cc([N+](=O)[O-])c(S(=O)(=O)[O-])cc1Cl.[Li+]. The molecule has 12 heteroatoms. The Kier molecular flexibility index (Phi) is 5.27. The molecule has 0 aromatic heterocycles. The van der Waals surface area contributed by atoms with Crippen molar-refractivity contribution >= 4 is 33.1 Å². The molecule has 0 saturated carbocycles. The summed E-state index contributed by atoms with van der Waals surface area (Å²) in [6.07, 6.45) is 0. The fourth-order valence-electron chi connectivity index (χ4n) is 1.02. The molecule has 0 fully saturated rings. The molecule has 0 radical (unpaired) electrons. The first-order valence-corrected chi connectivity index (χ1v) is 5.51. The van der Waals surface area contributed by atoms with Gasteiger partial charge in [0.2, 0.25) is 0 Å². The van der Waals surface area contributed by atoms with Crippen molar-refractivity contribution in [3.8, 4) is 0 Å². The van der Waals surface area contributed by atoms with Gasteiger partial charge in [0.05, 0.1) is 15.9 Å². The number of hydrogen-bond acceptors (Lipinski definition) is 7. The minimum atomic E-state index is -5.14. The van der Waals surface area contributed by atoms with Gasteiger partial charge in [-0.3, -0.25) is 20.2 Å². The van der Waals surface area contributed by atoms with Crippen LogP contribution in [0.15, 0.2) is 17.0 Å². The van der Waals surface area contributed by atoms with Crippen LogP contribution >= 0.6 is 11.6 Å². The fourth-order valence-corrected chi connectivity index (χ4v) is 1.96. The fraction of sp³-hybridized carbons (Fsp3) is 0. The molecule has 0 aliphatic rings. The predicted molar refractivity (Wildman–Crippen MR) is 52.7 cm³/mol. The first kappa shape index (κ1) is 16.8. The summed E-state index contributed by atoms with van der Waals surface area (Å²) in [4.78, 5) is 17.5. The second-order valence-corrected chi connectivity index (χ2v) is 4.49. The van der Waals surface area contributed by atoms with Gasteiger partial charge in [-0.1, -0.05) is 11.6 Å². The van der Waals surface area contributed by atoms with Gasteiger partial charge in [-0.25, -0.2) is 8.42 Å². The van der Waals surface area contributed by atoms with Crippen LogP contribution in [0.5, 0.6) is 0 Å². The minimum absolute atomic E-state index is 0. The van der Waals surface area contributed by atoms with E-state index in [9.17, 15) is 33.2 Å². The third kappa shape index (κ3) is 3.41. The molecule has 0 saturated heterocycles. The zero-order valence-corrected chi connectivity index (χ0v) is 10.3. The van der Waals surface area contributed by atoms with Crippen molar-refractivity contribution in [3.05, 3.63) is 37.4 Å². The van der Waals surface area contributed by atoms with Gasteiger partial charge in [-0.2, -0.15) is 0 Å². The monoisotopic (exact) mass is 288 g/mol. The van der Waals surface area contributed by atoms with Gasteiger partial charge in [-0.05, 0) is 6.07 Å². The second kappa shape index (κ2) is 5.64. The maximum absolute atomic E-state index is 10.7. The predicted octanol–water partition coefficient (Wildman–Crippen LogP) is -1.94. The van der Waals surface area contributed by atoms with Gasteiger partial charge < -0.3 is 4.55 Å². The molecule has 18 heavy (non-hydrogen) atoms. The van der Waals surface area contributed by atoms with Gasteiger partial charge in [-0.15, -0.1) is 0 Å². The molecule has 1 aromatic carbocycles. The van der Waals surface area contributed by atoms with Gasteiger partial charge in [0.15, 0.2) is 0 Å². The molecule has 0 aliphatic carbocycles. The van der Waals surface area contributed by atoms with Crippen molar-refractivity contribution < 1.29 is 41.7 Å². The first-order chi connectivity index (χ1) is 7.64. The van der Waals surface area contributed by atoms with Gasteiger partial charge in [0.1, 0.15) is 20.0 Å². The second-order valence-electron chi connectivity index (χ2n) is 2.74. The molecule has 9 nitrogen and oxygen atoms in total. The summed E-state index contributed by atoms with van der Waals surface area (Å²) in [5.74, 6) is 0. The van der Waals surface area contributed by atoms with Crippen molar-refractivity contribution in [1.29, 1.82) is 0 Å². The maximum Gasteiger partial charge on any atom is 1.00 e. The average Bonchev–Trinajstić information content (AvgIpc) is 2.14. The van der Waals surface area contributed by atoms with E-state index in [-0.39, 0.29) is 18.9 Å². The van der Waals surface area contributed by atoms with E-state index in [2.05, 4.69) is 0 Å². The number of benzene rings is 1. The normalized spacial score (nSPS) is 10.6. The van der Waals surface area contributed by atoms with Gasteiger partial charge in [0.25, 0.3) is 11.4 Å². The van der Waals surface area contributed by atoms with E-state index in [1.54, 1.807) is 0 Å². The van der Waals surface area contributed by atoms with Crippen LogP contribution in [0.3, 0.4) is 0 Å². The molecular weight excluding hydrogens is 287 g/mol. The number of hydrogen-bond donors (Lipinski definition) is 0. The van der Waals surface area contributed by atoms with Crippen molar-refractivity contribution in [2.75, 3.05) is 0 Å². The Morgan fingerprint density at radius 2 is 1.50 bits per heavy atom. The molecule has 0 bridgehead atoms. The molecule has 0 spiro atoms. The van der Waals surface area contributed by atoms with E-state index < -0.39 is 41.3 Å². The van der Waals surface area contributed by atoms with Crippen LogP contribution in [-0.2, 0) is 10.1 Å². The quantitative estimate of drug-likeness (QED) is 0.272. The van der Waals surface area contributed by atoms with Crippen molar-refractivity contribution in [3.63, 3.8) is 0 Å². The van der Waals surface area contributed by atoms with E-state index >= 15 is 0 Å². The third-order valence-corrected chi connectivity index (χ3v) is 2.86. The summed E-state index contributed by atoms with van der Waals surface area (Å²) >= 11 is 5.34. The Hall–Kier alpha value is -1.18. The molecule has 0 N–H and O–H groups in total. The van der Waals surface area contributed by atoms with Crippen LogP contribution in [0.2, 0.25) is 5.02 Å². The van der Waals surface area contributed by atoms with E-state index in [0.29, 0.717) is 12.1 Å². The Bertz CT molecular complexity index is 617. The smallest absolute Gasteiger partial charge is 0.744 e. The zero-order valence-electron chi connectivity index (χ0n) is 8.69. The van der Waals surface area contributed by atoms with Crippen molar-refractivity contribution in [1.82, 2.24) is 0 Å². The number of rotatable bonds is 3. The van der Waals surface area contributed by atoms with E-state index in [0.717, 1.165) is 0 Å². The summed E-state index contributed by atoms with van der Waals surface area (Å²) in [6, 6.07) is 0.716. The number of halogens is 1. The standard InChI is InChI=1S/C6H3ClN2O7S.Li/c7-3-1-6(17(14,15)16)5(9(12)13)2-4(3)8(10)11;/h1-2H,(H,14,15,16);/q;+1/p-1. The van der Waals surface area contributed by atoms with Crippen LogP contribution in [0.1, 0.15) is 0 Å². The van der Waals surface area contributed by atoms with Gasteiger partial charge >= 0.3 is 18.9 Å². The molecular formula is C6H2ClLiN2O7S. The topological polar surface area (TPSA) is 143 Å². The van der Waals surface area contributed by atoms with Crippen LogP contribution < -0.4 is 18.9 Å². The third-order valence-electron chi connectivity index (χ3n) is 1.69. The average molecular weight is 289 g/mol. The van der Waals surface area contributed by atoms with Crippen LogP contribution in [-0.4, -0.2) is 22.8 Å². The van der Waals surface area contributed by atoms with Crippen LogP contribution in [0.25, 0.3) is 0 Å². The molecule has 92 valence electrons. The summed E-state index contributed by atoms with van der Waals surface area (Å²) in [5, 5.41) is 20.2. The Labute approximate surface area is 117 Å². The summed E-state index contributed by atoms with van der Waals surface area (Å²) in [7, 11) is -5.14. The van der Waals surface area contributed by atoms with Gasteiger partial charge in [0, 0.05) is 0 Å². The summed E-state index contributed by atoms with van der Waals surface area (Å²) < 4.78 is 32.1. The molecule has 1 rings (SSSR count). The number of nitrogens with zero attached hydrogens (tertiary/aromatic N) is 2. The first-order valence-electron chi connectivity index (χ1n) is 3.73. The minimum Gasteiger partial charge on any atom is -0.744 e. The van der Waals surface area contributed by atoms with E-state index in [4.69, 9.17) is 11.6 Å². The zero-order chi connectivity index (χ0) is 13.4. The molecule has 1 aromatic rings. The summed E-state index contributed by atoms with van der Waals surface area (Å²) in [6.45, 7) is 0. The maximum atomic E-state index is 10.7. The number of nitro benzene ring substituents is 2. The Balaban J connectivity index is 0.00000289. The van der Waals surface area contributed by atoms with Crippen LogP contribution in [0.4, 0.5) is 11.4 Å². The molecule has 0 amide bonds. The molecule has 0 atom stereocenters. The van der Waals surface area contributed by atoms with E-state index in [1.165, 1.54) is 0 Å². The Morgan fingerprint density at radius 1 is 1.06 bits per heavy atom. The largest absolute Gasteiger partial charge is 1.00 e. The van der Waals surface area contributed by atoms with E-state index in [1.807, 2.05) is 0 Å². The molecule has 0 unspecified atom stereocenters. The summed E-state index contributed by atoms with van der Waals surface area (Å²) in [5.41, 5.74) is -2.04. The van der Waals surface area contributed by atoms with Crippen LogP contribution in [0, 0.1) is 20.2 Å². The van der Waals surface area contributed by atoms with Crippen molar-refractivity contribution in [2.45, 2.75) is 4.90 Å². The molecule has 0 aliphatic heterocycles. The van der Waals surface area contributed by atoms with Crippen molar-refractivity contribution in [2.24, 2.45) is 0 Å².